The van der Waals surface area contributed by atoms with Crippen LogP contribution in [0.3, 0.4) is 0 Å². The van der Waals surface area contributed by atoms with E-state index < -0.39 is 5.60 Å². The Hall–Kier alpha value is -1.79. The molecule has 3 aliphatic carbocycles. The highest BCUT2D eigenvalue weighted by atomic mass is 35.5. The first-order chi connectivity index (χ1) is 13.0. The molecule has 0 aliphatic heterocycles. The molecule has 0 unspecified atom stereocenters. The number of rotatable bonds is 3. The highest BCUT2D eigenvalue weighted by Gasteiger charge is 2.62. The lowest BCUT2D eigenvalue weighted by molar-refractivity contribution is 0.0299. The predicted octanol–water partition coefficient (Wildman–Crippen LogP) is 3.44. The van der Waals surface area contributed by atoms with Gasteiger partial charge in [0.05, 0.1) is 17.3 Å². The summed E-state index contributed by atoms with van der Waals surface area (Å²) in [6.45, 7) is 0. The first-order valence-corrected chi connectivity index (χ1v) is 10.3. The number of nitrogens with one attached hydrogen (secondary N) is 3. The first kappa shape index (κ1) is 17.3. The highest BCUT2D eigenvalue weighted by molar-refractivity contribution is 6.31. The fourth-order valence-corrected chi connectivity index (χ4v) is 5.54. The number of carbonyl (C=O) groups excluding carboxylic acids is 1. The van der Waals surface area contributed by atoms with Crippen molar-refractivity contribution in [1.82, 2.24) is 20.8 Å². The molecule has 0 spiro atoms. The lowest BCUT2D eigenvalue weighted by Crippen LogP contribution is -2.45. The number of nitrogens with zero attached hydrogens (tertiary/aromatic N) is 1. The lowest BCUT2D eigenvalue weighted by atomic mass is 9.86. The third-order valence-corrected chi connectivity index (χ3v) is 6.96. The summed E-state index contributed by atoms with van der Waals surface area (Å²) in [6, 6.07) is 4.11. The van der Waals surface area contributed by atoms with Gasteiger partial charge in [0, 0.05) is 22.5 Å². The quantitative estimate of drug-likeness (QED) is 0.649. The van der Waals surface area contributed by atoms with Gasteiger partial charge in [-0.3, -0.25) is 5.10 Å². The molecule has 27 heavy (non-hydrogen) atoms. The van der Waals surface area contributed by atoms with Crippen molar-refractivity contribution in [2.45, 2.75) is 62.6 Å². The van der Waals surface area contributed by atoms with Gasteiger partial charge in [0.1, 0.15) is 0 Å². The summed E-state index contributed by atoms with van der Waals surface area (Å²) in [6.07, 6.45) is 8.89. The maximum atomic E-state index is 12.3. The van der Waals surface area contributed by atoms with Crippen molar-refractivity contribution in [2.24, 2.45) is 11.8 Å². The number of aromatic amines is 1. The Morgan fingerprint density at radius 1 is 1.19 bits per heavy atom. The van der Waals surface area contributed by atoms with Crippen molar-refractivity contribution >= 4 is 28.5 Å². The Balaban J connectivity index is 1.23. The molecule has 7 heteroatoms. The molecule has 6 nitrogen and oxygen atoms in total. The smallest absolute Gasteiger partial charge is 0.315 e. The number of amides is 2. The van der Waals surface area contributed by atoms with Crippen molar-refractivity contribution in [2.75, 3.05) is 0 Å². The van der Waals surface area contributed by atoms with Crippen molar-refractivity contribution in [3.8, 4) is 0 Å². The minimum atomic E-state index is -0.902. The molecule has 5 rings (SSSR count). The van der Waals surface area contributed by atoms with Crippen LogP contribution in [0.2, 0.25) is 5.02 Å². The number of H-pyrrole nitrogens is 1. The molecule has 0 radical (unpaired) electrons. The molecule has 4 atom stereocenters. The number of aromatic nitrogens is 2. The summed E-state index contributed by atoms with van der Waals surface area (Å²) in [7, 11) is 0. The van der Waals surface area contributed by atoms with Crippen LogP contribution in [0.1, 0.15) is 50.5 Å². The second-order valence-corrected chi connectivity index (χ2v) is 8.97. The van der Waals surface area contributed by atoms with Gasteiger partial charge in [-0.25, -0.2) is 4.79 Å². The van der Waals surface area contributed by atoms with Gasteiger partial charge in [0.2, 0.25) is 0 Å². The predicted molar refractivity (Wildman–Crippen MR) is 104 cm³/mol. The zero-order valence-electron chi connectivity index (χ0n) is 15.2. The molecule has 1 aromatic carbocycles. The molecule has 144 valence electrons. The van der Waals surface area contributed by atoms with Crippen molar-refractivity contribution in [3.05, 3.63) is 28.9 Å². The van der Waals surface area contributed by atoms with Crippen LogP contribution in [0.5, 0.6) is 0 Å². The number of urea groups is 1. The molecule has 1 aromatic heterocycles. The second kappa shape index (κ2) is 6.38. The summed E-state index contributed by atoms with van der Waals surface area (Å²) >= 11 is 6.23. The number of halogens is 1. The van der Waals surface area contributed by atoms with Crippen LogP contribution >= 0.6 is 11.6 Å². The maximum Gasteiger partial charge on any atom is 0.315 e. The molecule has 2 amide bonds. The number of hydrogen-bond donors (Lipinski definition) is 4. The Labute approximate surface area is 163 Å². The van der Waals surface area contributed by atoms with E-state index in [-0.39, 0.29) is 12.1 Å². The Kier molecular flexibility index (Phi) is 4.09. The molecule has 2 aromatic rings. The average Bonchev–Trinajstić information content (AvgIpc) is 3.02. The van der Waals surface area contributed by atoms with Crippen LogP contribution in [0.25, 0.3) is 10.9 Å². The van der Waals surface area contributed by atoms with E-state index in [1.54, 1.807) is 6.20 Å². The van der Waals surface area contributed by atoms with E-state index in [1.807, 2.05) is 12.1 Å². The van der Waals surface area contributed by atoms with Gasteiger partial charge in [-0.1, -0.05) is 30.9 Å². The Bertz CT molecular complexity index is 864. The van der Waals surface area contributed by atoms with Crippen LogP contribution < -0.4 is 10.6 Å². The van der Waals surface area contributed by atoms with E-state index in [1.165, 1.54) is 19.3 Å². The van der Waals surface area contributed by atoms with Gasteiger partial charge in [0.15, 0.2) is 0 Å². The van der Waals surface area contributed by atoms with Gasteiger partial charge in [0.25, 0.3) is 0 Å². The molecule has 4 N–H and O–H groups in total. The number of aliphatic hydroxyl groups is 1. The van der Waals surface area contributed by atoms with Crippen molar-refractivity contribution in [3.63, 3.8) is 0 Å². The fraction of sp³-hybridized carbons (Fsp3) is 0.600. The third-order valence-electron chi connectivity index (χ3n) is 6.74. The summed E-state index contributed by atoms with van der Waals surface area (Å²) in [4.78, 5) is 12.3. The monoisotopic (exact) mass is 388 g/mol. The molecule has 3 aliphatic rings. The topological polar surface area (TPSA) is 90.0 Å². The van der Waals surface area contributed by atoms with Crippen LogP contribution in [0.15, 0.2) is 18.3 Å². The maximum absolute atomic E-state index is 12.3. The SMILES string of the molecule is O=C(NC1CCCCC1)N[C@H]1[C@@H]2C[C@](O)(c3cc(Cl)cc4[nH]ncc34)C[C@@H]21. The fourth-order valence-electron chi connectivity index (χ4n) is 5.33. The van der Waals surface area contributed by atoms with E-state index in [0.717, 1.165) is 29.3 Å². The first-order valence-electron chi connectivity index (χ1n) is 9.96. The van der Waals surface area contributed by atoms with Gasteiger partial charge < -0.3 is 15.7 Å². The molecule has 1 heterocycles. The summed E-state index contributed by atoms with van der Waals surface area (Å²) in [5, 5.41) is 26.1. The van der Waals surface area contributed by atoms with E-state index in [2.05, 4.69) is 20.8 Å². The van der Waals surface area contributed by atoms with Gasteiger partial charge >= 0.3 is 6.03 Å². The van der Waals surface area contributed by atoms with Crippen molar-refractivity contribution in [1.29, 1.82) is 0 Å². The van der Waals surface area contributed by atoms with Gasteiger partial charge in [-0.15, -0.1) is 0 Å². The number of benzene rings is 1. The lowest BCUT2D eigenvalue weighted by Gasteiger charge is -2.28. The Morgan fingerprint density at radius 3 is 2.67 bits per heavy atom. The molecular weight excluding hydrogens is 364 g/mol. The average molecular weight is 389 g/mol. The zero-order valence-corrected chi connectivity index (χ0v) is 15.9. The number of hydrogen-bond acceptors (Lipinski definition) is 3. The third kappa shape index (κ3) is 3.09. The summed E-state index contributed by atoms with van der Waals surface area (Å²) in [5.74, 6) is 0.654. The molecular formula is C20H25ClN4O2. The van der Waals surface area contributed by atoms with E-state index in [4.69, 9.17) is 11.6 Å². The second-order valence-electron chi connectivity index (χ2n) is 8.53. The molecule has 3 fully saturated rings. The van der Waals surface area contributed by atoms with E-state index in [9.17, 15) is 9.90 Å². The van der Waals surface area contributed by atoms with Crippen LogP contribution in [-0.2, 0) is 5.60 Å². The van der Waals surface area contributed by atoms with Gasteiger partial charge in [-0.2, -0.15) is 5.10 Å². The number of fused-ring (bicyclic) bond motifs is 2. The van der Waals surface area contributed by atoms with Crippen molar-refractivity contribution < 1.29 is 9.90 Å². The minimum Gasteiger partial charge on any atom is -0.385 e. The minimum absolute atomic E-state index is 0.0511. The van der Waals surface area contributed by atoms with E-state index >= 15 is 0 Å². The standard InChI is InChI=1S/C20H25ClN4O2/c21-11-6-16(15-10-22-25-17(15)7-11)20(27)8-13-14(9-20)18(13)24-19(26)23-12-4-2-1-3-5-12/h6-7,10,12-14,18,27H,1-5,8-9H2,(H,22,25)(H2,23,24,26)/t13-,14+,18+,20-. The normalized spacial score (nSPS) is 33.0. The molecule has 3 saturated carbocycles. The molecule has 0 saturated heterocycles. The van der Waals surface area contributed by atoms with Crippen LogP contribution in [0.4, 0.5) is 4.79 Å². The highest BCUT2D eigenvalue weighted by Crippen LogP contribution is 2.60. The number of carbonyl (C=O) groups is 1. The molecule has 0 bridgehead atoms. The van der Waals surface area contributed by atoms with E-state index in [0.29, 0.717) is 35.7 Å². The largest absolute Gasteiger partial charge is 0.385 e. The zero-order chi connectivity index (χ0) is 18.6. The van der Waals surface area contributed by atoms with Crippen LogP contribution in [0, 0.1) is 11.8 Å². The van der Waals surface area contributed by atoms with Gasteiger partial charge in [-0.05, 0) is 55.2 Å². The summed E-state index contributed by atoms with van der Waals surface area (Å²) < 4.78 is 0. The summed E-state index contributed by atoms with van der Waals surface area (Å²) in [5.41, 5.74) is 0.782. The van der Waals surface area contributed by atoms with Crippen LogP contribution in [-0.4, -0.2) is 33.4 Å². The Morgan fingerprint density at radius 2 is 1.93 bits per heavy atom.